The molecule has 2 amide bonds. The van der Waals surface area contributed by atoms with Gasteiger partial charge in [0.25, 0.3) is 0 Å². The second-order valence-corrected chi connectivity index (χ2v) is 8.83. The minimum Gasteiger partial charge on any atom is -0.368 e. The van der Waals surface area contributed by atoms with E-state index in [2.05, 4.69) is 5.32 Å². The molecule has 0 aromatic heterocycles. The molecule has 3 heterocycles. The molecule has 0 saturated carbocycles. The lowest BCUT2D eigenvalue weighted by atomic mass is 9.64. The molecule has 6 rings (SSSR count). The van der Waals surface area contributed by atoms with Gasteiger partial charge in [-0.3, -0.25) is 14.4 Å². The van der Waals surface area contributed by atoms with Crippen molar-refractivity contribution in [3.05, 3.63) is 101 Å². The van der Waals surface area contributed by atoms with Gasteiger partial charge in [-0.05, 0) is 47.5 Å². The standard InChI is InChI=1S/C27H20FN3O3/c28-17-12-9-16(10-13-17)24(32)22-23(25(29)33)31-20-8-4-1-5-15(20)11-14-21(31)27(22)18-6-2-3-7-19(18)30-26(27)34/h1-14,21-23H,(H2,29,33)(H,30,34)/t21-,22-,23+,27+/m0/s1. The van der Waals surface area contributed by atoms with E-state index in [4.69, 9.17) is 5.73 Å². The zero-order chi connectivity index (χ0) is 23.6. The number of carbonyl (C=O) groups excluding carboxylic acids is 3. The lowest BCUT2D eigenvalue weighted by Crippen LogP contribution is -2.51. The predicted octanol–water partition coefficient (Wildman–Crippen LogP) is 3.28. The van der Waals surface area contributed by atoms with Crippen molar-refractivity contribution in [3.8, 4) is 0 Å². The molecular formula is C27H20FN3O3. The highest BCUT2D eigenvalue weighted by molar-refractivity contribution is 6.16. The van der Waals surface area contributed by atoms with Gasteiger partial charge in [-0.15, -0.1) is 0 Å². The minimum absolute atomic E-state index is 0.214. The number of amides is 2. The summed E-state index contributed by atoms with van der Waals surface area (Å²) >= 11 is 0. The van der Waals surface area contributed by atoms with Crippen molar-refractivity contribution in [2.75, 3.05) is 10.2 Å². The fraction of sp³-hybridized carbons (Fsp3) is 0.148. The van der Waals surface area contributed by atoms with Crippen molar-refractivity contribution in [2.24, 2.45) is 11.7 Å². The fourth-order valence-corrected chi connectivity index (χ4v) is 5.94. The molecule has 4 atom stereocenters. The summed E-state index contributed by atoms with van der Waals surface area (Å²) in [5, 5.41) is 2.93. The van der Waals surface area contributed by atoms with Crippen LogP contribution in [-0.2, 0) is 15.0 Å². The first kappa shape index (κ1) is 20.4. The lowest BCUT2D eigenvalue weighted by Gasteiger charge is -2.37. The summed E-state index contributed by atoms with van der Waals surface area (Å²) < 4.78 is 13.6. The molecular weight excluding hydrogens is 433 g/mol. The van der Waals surface area contributed by atoms with Crippen LogP contribution in [0.5, 0.6) is 0 Å². The summed E-state index contributed by atoms with van der Waals surface area (Å²) in [5.74, 6) is -3.11. The molecule has 34 heavy (non-hydrogen) atoms. The normalized spacial score (nSPS) is 26.1. The second-order valence-electron chi connectivity index (χ2n) is 8.83. The van der Waals surface area contributed by atoms with Crippen LogP contribution in [0.1, 0.15) is 21.5 Å². The zero-order valence-corrected chi connectivity index (χ0v) is 17.9. The molecule has 1 spiro atoms. The lowest BCUT2D eigenvalue weighted by molar-refractivity contribution is -0.122. The van der Waals surface area contributed by atoms with Gasteiger partial charge in [-0.1, -0.05) is 48.6 Å². The smallest absolute Gasteiger partial charge is 0.240 e. The van der Waals surface area contributed by atoms with Crippen molar-refractivity contribution < 1.29 is 18.8 Å². The number of Topliss-reactive ketones (excluding diaryl/α,β-unsaturated/α-hetero) is 1. The molecule has 0 bridgehead atoms. The number of anilines is 2. The number of hydrogen-bond donors (Lipinski definition) is 2. The Morgan fingerprint density at radius 1 is 0.971 bits per heavy atom. The number of nitrogens with zero attached hydrogens (tertiary/aromatic N) is 1. The maximum absolute atomic E-state index is 14.1. The molecule has 7 heteroatoms. The summed E-state index contributed by atoms with van der Waals surface area (Å²) in [6.07, 6.45) is 3.78. The summed E-state index contributed by atoms with van der Waals surface area (Å²) in [5.41, 5.74) is 7.61. The number of hydrogen-bond acceptors (Lipinski definition) is 4. The number of benzene rings is 3. The number of para-hydroxylation sites is 2. The van der Waals surface area contributed by atoms with Gasteiger partial charge in [0.1, 0.15) is 17.3 Å². The number of rotatable bonds is 3. The minimum atomic E-state index is -1.40. The quantitative estimate of drug-likeness (QED) is 0.596. The molecule has 0 radical (unpaired) electrons. The van der Waals surface area contributed by atoms with Gasteiger partial charge in [-0.2, -0.15) is 0 Å². The van der Waals surface area contributed by atoms with Gasteiger partial charge >= 0.3 is 0 Å². The van der Waals surface area contributed by atoms with Gasteiger partial charge < -0.3 is 16.0 Å². The van der Waals surface area contributed by atoms with Gasteiger partial charge in [0.15, 0.2) is 5.78 Å². The van der Waals surface area contributed by atoms with Crippen LogP contribution in [0, 0.1) is 11.7 Å². The Morgan fingerprint density at radius 3 is 2.44 bits per heavy atom. The van der Waals surface area contributed by atoms with Crippen LogP contribution in [0.2, 0.25) is 0 Å². The third kappa shape index (κ3) is 2.52. The largest absolute Gasteiger partial charge is 0.368 e. The van der Waals surface area contributed by atoms with Crippen molar-refractivity contribution in [1.82, 2.24) is 0 Å². The van der Waals surface area contributed by atoms with E-state index in [9.17, 15) is 18.8 Å². The second kappa shape index (κ2) is 7.12. The van der Waals surface area contributed by atoms with Gasteiger partial charge in [0, 0.05) is 16.9 Å². The summed E-state index contributed by atoms with van der Waals surface area (Å²) in [7, 11) is 0. The predicted molar refractivity (Wildman–Crippen MR) is 126 cm³/mol. The van der Waals surface area contributed by atoms with E-state index in [0.717, 1.165) is 11.3 Å². The highest BCUT2D eigenvalue weighted by atomic mass is 19.1. The SMILES string of the molecule is NC(=O)[C@H]1[C@@H](C(=O)c2ccc(F)cc2)[C@]2(C(=O)Nc3ccccc32)[C@@H]2C=Cc3ccccc3N21. The first-order chi connectivity index (χ1) is 16.4. The van der Waals surface area contributed by atoms with Crippen molar-refractivity contribution in [2.45, 2.75) is 17.5 Å². The Bertz CT molecular complexity index is 1400. The number of primary amides is 1. The van der Waals surface area contributed by atoms with Crippen LogP contribution in [0.4, 0.5) is 15.8 Å². The van der Waals surface area contributed by atoms with E-state index in [-0.39, 0.29) is 11.5 Å². The third-order valence-corrected chi connectivity index (χ3v) is 7.24. The van der Waals surface area contributed by atoms with E-state index < -0.39 is 40.9 Å². The first-order valence-electron chi connectivity index (χ1n) is 11.0. The van der Waals surface area contributed by atoms with Crippen molar-refractivity contribution >= 4 is 35.0 Å². The Morgan fingerprint density at radius 2 is 1.68 bits per heavy atom. The Balaban J connectivity index is 1.66. The molecule has 3 aromatic carbocycles. The van der Waals surface area contributed by atoms with Crippen LogP contribution in [-0.4, -0.2) is 29.7 Å². The van der Waals surface area contributed by atoms with Crippen LogP contribution < -0.4 is 16.0 Å². The number of carbonyl (C=O) groups is 3. The topological polar surface area (TPSA) is 92.5 Å². The van der Waals surface area contributed by atoms with Crippen LogP contribution in [0.15, 0.2) is 78.9 Å². The van der Waals surface area contributed by atoms with E-state index in [1.807, 2.05) is 53.5 Å². The van der Waals surface area contributed by atoms with Crippen molar-refractivity contribution in [1.29, 1.82) is 0 Å². The van der Waals surface area contributed by atoms with Crippen LogP contribution in [0.3, 0.4) is 0 Å². The van der Waals surface area contributed by atoms with Gasteiger partial charge in [0.2, 0.25) is 11.8 Å². The van der Waals surface area contributed by atoms with Gasteiger partial charge in [-0.25, -0.2) is 4.39 Å². The molecule has 3 aliphatic rings. The number of nitrogens with one attached hydrogen (secondary N) is 1. The summed E-state index contributed by atoms with van der Waals surface area (Å²) in [6.45, 7) is 0. The molecule has 3 aromatic rings. The highest BCUT2D eigenvalue weighted by Gasteiger charge is 2.70. The molecule has 6 nitrogen and oxygen atoms in total. The number of halogens is 1. The fourth-order valence-electron chi connectivity index (χ4n) is 5.94. The summed E-state index contributed by atoms with van der Waals surface area (Å²) in [4.78, 5) is 42.8. The van der Waals surface area contributed by atoms with Gasteiger partial charge in [0.05, 0.1) is 12.0 Å². The maximum Gasteiger partial charge on any atom is 0.240 e. The maximum atomic E-state index is 14.1. The van der Waals surface area contributed by atoms with Crippen molar-refractivity contribution in [3.63, 3.8) is 0 Å². The molecule has 0 aliphatic carbocycles. The van der Waals surface area contributed by atoms with Crippen LogP contribution >= 0.6 is 0 Å². The number of ketones is 1. The average Bonchev–Trinajstić information content (AvgIpc) is 3.32. The molecule has 1 saturated heterocycles. The Kier molecular flexibility index (Phi) is 4.26. The molecule has 0 unspecified atom stereocenters. The molecule has 3 aliphatic heterocycles. The van der Waals surface area contributed by atoms with Crippen LogP contribution in [0.25, 0.3) is 6.08 Å². The highest BCUT2D eigenvalue weighted by Crippen LogP contribution is 2.57. The summed E-state index contributed by atoms with van der Waals surface area (Å²) in [6, 6.07) is 18.1. The Labute approximate surface area is 194 Å². The number of fused-ring (bicyclic) bond motifs is 6. The molecule has 1 fully saturated rings. The average molecular weight is 453 g/mol. The zero-order valence-electron chi connectivity index (χ0n) is 17.9. The monoisotopic (exact) mass is 453 g/mol. The van der Waals surface area contributed by atoms with E-state index >= 15 is 0 Å². The van der Waals surface area contributed by atoms with E-state index in [1.165, 1.54) is 24.3 Å². The van der Waals surface area contributed by atoms with E-state index in [0.29, 0.717) is 11.3 Å². The third-order valence-electron chi connectivity index (χ3n) is 7.24. The molecule has 168 valence electrons. The molecule has 3 N–H and O–H groups in total. The number of nitrogens with two attached hydrogens (primary N) is 1. The van der Waals surface area contributed by atoms with E-state index in [1.54, 1.807) is 12.1 Å². The first-order valence-corrected chi connectivity index (χ1v) is 11.0. The Hall–Kier alpha value is -4.26.